The van der Waals surface area contributed by atoms with Crippen LogP contribution < -0.4 is 0 Å². The predicted molar refractivity (Wildman–Crippen MR) is 155 cm³/mol. The molecule has 10 heteroatoms. The van der Waals surface area contributed by atoms with Gasteiger partial charge in [0.1, 0.15) is 19.8 Å². The molecule has 39 heavy (non-hydrogen) atoms. The second-order valence-corrected chi connectivity index (χ2v) is 13.0. The lowest BCUT2D eigenvalue weighted by molar-refractivity contribution is -0.870. The number of likely N-dealkylation sites (N-methyl/N-ethyl adjacent to an activating group) is 1. The minimum absolute atomic E-state index is 0.0316. The van der Waals surface area contributed by atoms with Crippen LogP contribution in [0.25, 0.3) is 0 Å². The van der Waals surface area contributed by atoms with Crippen LogP contribution in [0.4, 0.5) is 0 Å². The van der Waals surface area contributed by atoms with E-state index in [1.807, 2.05) is 21.1 Å². The van der Waals surface area contributed by atoms with Crippen LogP contribution in [-0.2, 0) is 32.7 Å². The summed E-state index contributed by atoms with van der Waals surface area (Å²) in [6.07, 6.45) is 19.6. The minimum Gasteiger partial charge on any atom is -0.462 e. The fourth-order valence-corrected chi connectivity index (χ4v) is 4.81. The van der Waals surface area contributed by atoms with Crippen LogP contribution in [0.3, 0.4) is 0 Å². The topological polar surface area (TPSA) is 108 Å². The van der Waals surface area contributed by atoms with E-state index in [0.29, 0.717) is 17.4 Å². The molecule has 232 valence electrons. The first-order valence-corrected chi connectivity index (χ1v) is 16.7. The maximum absolute atomic E-state index is 12.1. The van der Waals surface area contributed by atoms with E-state index >= 15 is 0 Å². The summed E-state index contributed by atoms with van der Waals surface area (Å²) in [4.78, 5) is 33.3. The molecule has 0 aliphatic heterocycles. The highest BCUT2D eigenvalue weighted by molar-refractivity contribution is 7.47. The highest BCUT2D eigenvalue weighted by Crippen LogP contribution is 2.43. The predicted octanol–water partition coefficient (Wildman–Crippen LogP) is 6.95. The average Bonchev–Trinajstić information content (AvgIpc) is 2.84. The Morgan fingerprint density at radius 1 is 0.744 bits per heavy atom. The number of rotatable bonds is 27. The van der Waals surface area contributed by atoms with Gasteiger partial charge in [0.25, 0.3) is 0 Å². The van der Waals surface area contributed by atoms with Crippen molar-refractivity contribution >= 4 is 19.8 Å². The van der Waals surface area contributed by atoms with Crippen molar-refractivity contribution in [3.05, 3.63) is 0 Å². The number of quaternary nitrogens is 1. The number of esters is 2. The lowest BCUT2D eigenvalue weighted by Gasteiger charge is -2.24. The Kier molecular flexibility index (Phi) is 23.1. The molecule has 0 amide bonds. The van der Waals surface area contributed by atoms with Gasteiger partial charge in [0, 0.05) is 13.3 Å². The van der Waals surface area contributed by atoms with E-state index < -0.39 is 26.5 Å². The summed E-state index contributed by atoms with van der Waals surface area (Å²) in [5.41, 5.74) is 0. The number of ether oxygens (including phenoxy) is 2. The van der Waals surface area contributed by atoms with Gasteiger partial charge in [-0.3, -0.25) is 18.6 Å². The molecule has 0 bridgehead atoms. The Balaban J connectivity index is 3.84. The maximum Gasteiger partial charge on any atom is 0.472 e. The van der Waals surface area contributed by atoms with Crippen LogP contribution in [0, 0.1) is 0 Å². The van der Waals surface area contributed by atoms with Gasteiger partial charge in [-0.1, -0.05) is 103 Å². The van der Waals surface area contributed by atoms with Crippen molar-refractivity contribution in [1.29, 1.82) is 0 Å². The van der Waals surface area contributed by atoms with Crippen molar-refractivity contribution in [2.75, 3.05) is 47.5 Å². The summed E-state index contributed by atoms with van der Waals surface area (Å²) < 4.78 is 32.8. The van der Waals surface area contributed by atoms with Gasteiger partial charge < -0.3 is 18.9 Å². The first kappa shape index (κ1) is 38.0. The van der Waals surface area contributed by atoms with Crippen molar-refractivity contribution in [2.45, 2.75) is 129 Å². The molecule has 0 rings (SSSR count). The van der Waals surface area contributed by atoms with E-state index in [0.717, 1.165) is 19.3 Å². The third kappa shape index (κ3) is 28.3. The highest BCUT2D eigenvalue weighted by Gasteiger charge is 2.26. The molecule has 0 fully saturated rings. The number of unbranched alkanes of at least 4 members (excludes halogenated alkanes) is 15. The van der Waals surface area contributed by atoms with Crippen LogP contribution in [0.5, 0.6) is 0 Å². The molecule has 1 unspecified atom stereocenters. The maximum atomic E-state index is 12.1. The number of hydrogen-bond donors (Lipinski definition) is 1. The van der Waals surface area contributed by atoms with Crippen LogP contribution in [0.2, 0.25) is 0 Å². The van der Waals surface area contributed by atoms with E-state index in [2.05, 4.69) is 6.92 Å². The summed E-state index contributed by atoms with van der Waals surface area (Å²) in [5.74, 6) is -0.986. The number of nitrogens with zero attached hydrogens (tertiary/aromatic N) is 1. The first-order chi connectivity index (χ1) is 18.4. The second kappa shape index (κ2) is 23.7. The van der Waals surface area contributed by atoms with Gasteiger partial charge in [-0.25, -0.2) is 4.57 Å². The summed E-state index contributed by atoms with van der Waals surface area (Å²) >= 11 is 0. The van der Waals surface area contributed by atoms with Gasteiger partial charge in [0.15, 0.2) is 6.10 Å². The molecule has 0 saturated heterocycles. The standard InChI is InChI=1S/C29H58NO8P/c1-6-7-8-9-10-11-12-13-14-15-16-17-18-19-20-21-22-29(32)35-25-28(38-27(2)31)26-37-39(33,34)36-24-23-30(3,4)5/h28H,6-26H2,1-5H3/p+1/t28-/m1/s1. The molecule has 0 saturated carbocycles. The Morgan fingerprint density at radius 2 is 1.21 bits per heavy atom. The SMILES string of the molecule is CCCCCCCCCCCCCCCCCCC(=O)OC[C@H](COP(=O)(O)OCC[N+](C)(C)C)OC(C)=O. The third-order valence-electron chi connectivity index (χ3n) is 6.44. The van der Waals surface area contributed by atoms with Crippen molar-refractivity contribution in [3.63, 3.8) is 0 Å². The number of carbonyl (C=O) groups excluding carboxylic acids is 2. The Morgan fingerprint density at radius 3 is 1.64 bits per heavy atom. The molecule has 0 aromatic rings. The quantitative estimate of drug-likeness (QED) is 0.0481. The molecule has 0 radical (unpaired) electrons. The molecule has 1 N–H and O–H groups in total. The lowest BCUT2D eigenvalue weighted by atomic mass is 10.0. The van der Waals surface area contributed by atoms with Crippen molar-refractivity contribution < 1.29 is 42.1 Å². The zero-order chi connectivity index (χ0) is 29.4. The van der Waals surface area contributed by atoms with Gasteiger partial charge in [0.05, 0.1) is 27.7 Å². The van der Waals surface area contributed by atoms with E-state index in [-0.39, 0.29) is 19.2 Å². The number of hydrogen-bond acceptors (Lipinski definition) is 7. The Bertz CT molecular complexity index is 668. The molecule has 9 nitrogen and oxygen atoms in total. The molecule has 0 aliphatic rings. The molecule has 0 spiro atoms. The number of phosphoric acid groups is 1. The summed E-state index contributed by atoms with van der Waals surface area (Å²) in [5, 5.41) is 0. The fourth-order valence-electron chi connectivity index (χ4n) is 4.07. The lowest BCUT2D eigenvalue weighted by Crippen LogP contribution is -2.37. The average molecular weight is 581 g/mol. The molecule has 0 aromatic heterocycles. The van der Waals surface area contributed by atoms with Gasteiger partial charge in [-0.2, -0.15) is 0 Å². The summed E-state index contributed by atoms with van der Waals surface area (Å²) in [7, 11) is 1.47. The molecular weight excluding hydrogens is 521 g/mol. The highest BCUT2D eigenvalue weighted by atomic mass is 31.2. The van der Waals surface area contributed by atoms with Crippen molar-refractivity contribution in [1.82, 2.24) is 0 Å². The number of phosphoric ester groups is 1. The van der Waals surface area contributed by atoms with E-state index in [1.54, 1.807) is 0 Å². The first-order valence-electron chi connectivity index (χ1n) is 15.2. The monoisotopic (exact) mass is 580 g/mol. The second-order valence-electron chi connectivity index (χ2n) is 11.6. The molecule has 0 aromatic carbocycles. The Hall–Kier alpha value is -0.990. The molecule has 2 atom stereocenters. The minimum atomic E-state index is -4.31. The number of carbonyl (C=O) groups is 2. The van der Waals surface area contributed by atoms with E-state index in [4.69, 9.17) is 18.5 Å². The molecule has 0 heterocycles. The molecular formula is C29H59NO8P+. The van der Waals surface area contributed by atoms with E-state index in [9.17, 15) is 19.0 Å². The normalized spacial score (nSPS) is 14.1. The van der Waals surface area contributed by atoms with Crippen LogP contribution >= 0.6 is 7.82 Å². The van der Waals surface area contributed by atoms with Crippen LogP contribution in [0.15, 0.2) is 0 Å². The largest absolute Gasteiger partial charge is 0.472 e. The van der Waals surface area contributed by atoms with Gasteiger partial charge >= 0.3 is 19.8 Å². The van der Waals surface area contributed by atoms with Crippen LogP contribution in [0.1, 0.15) is 123 Å². The van der Waals surface area contributed by atoms with Gasteiger partial charge in [-0.15, -0.1) is 0 Å². The Labute approximate surface area is 238 Å². The third-order valence-corrected chi connectivity index (χ3v) is 7.42. The van der Waals surface area contributed by atoms with Crippen molar-refractivity contribution in [3.8, 4) is 0 Å². The molecule has 0 aliphatic carbocycles. The zero-order valence-corrected chi connectivity index (χ0v) is 26.5. The van der Waals surface area contributed by atoms with Crippen LogP contribution in [-0.4, -0.2) is 74.9 Å². The smallest absolute Gasteiger partial charge is 0.462 e. The fraction of sp³-hybridized carbons (Fsp3) is 0.931. The van der Waals surface area contributed by atoms with Crippen molar-refractivity contribution in [2.24, 2.45) is 0 Å². The van der Waals surface area contributed by atoms with Gasteiger partial charge in [0.2, 0.25) is 0 Å². The summed E-state index contributed by atoms with van der Waals surface area (Å²) in [6, 6.07) is 0. The van der Waals surface area contributed by atoms with E-state index in [1.165, 1.54) is 90.4 Å². The zero-order valence-electron chi connectivity index (χ0n) is 25.6. The summed E-state index contributed by atoms with van der Waals surface area (Å²) in [6.45, 7) is 3.36. The van der Waals surface area contributed by atoms with Gasteiger partial charge in [-0.05, 0) is 6.42 Å².